The molecule has 356 valence electrons. The van der Waals surface area contributed by atoms with E-state index in [4.69, 9.17) is 38.4 Å². The molecule has 2 heterocycles. The average Bonchev–Trinajstić information content (AvgIpc) is 3.29. The van der Waals surface area contributed by atoms with Gasteiger partial charge >= 0.3 is 0 Å². The number of methoxy groups -OCH3 is 2. The summed E-state index contributed by atoms with van der Waals surface area (Å²) in [7, 11) is -3.91. The molecule has 67 heavy (non-hydrogen) atoms. The van der Waals surface area contributed by atoms with Crippen LogP contribution < -0.4 is 41.8 Å². The lowest BCUT2D eigenvalue weighted by Gasteiger charge is -2.16. The molecule has 2 aromatic heterocycles. The molecule has 0 bridgehead atoms. The van der Waals surface area contributed by atoms with Crippen molar-refractivity contribution >= 4 is 95.1 Å². The Labute approximate surface area is 401 Å². The van der Waals surface area contributed by atoms with Crippen molar-refractivity contribution in [1.82, 2.24) is 25.3 Å². The number of carbonyl (C=O) groups is 1. The zero-order valence-electron chi connectivity index (χ0n) is 38.0. The first kappa shape index (κ1) is 51.7. The van der Waals surface area contributed by atoms with Gasteiger partial charge in [-0.15, -0.1) is 0 Å². The van der Waals surface area contributed by atoms with E-state index < -0.39 is 30.2 Å². The first-order chi connectivity index (χ1) is 31.9. The molecule has 0 radical (unpaired) electrons. The highest BCUT2D eigenvalue weighted by molar-refractivity contribution is 7.92. The first-order valence-corrected chi connectivity index (χ1v) is 24.8. The Morgan fingerprint density at radius 3 is 1.43 bits per heavy atom. The van der Waals surface area contributed by atoms with E-state index >= 15 is 0 Å². The Morgan fingerprint density at radius 2 is 1.04 bits per heavy atom. The number of benzene rings is 4. The minimum atomic E-state index is -3.53. The lowest BCUT2D eigenvalue weighted by Crippen LogP contribution is -2.22. The number of rotatable bonds is 19. The summed E-state index contributed by atoms with van der Waals surface area (Å²) in [6.45, 7) is 9.03. The van der Waals surface area contributed by atoms with E-state index in [1.165, 1.54) is 19.3 Å². The van der Waals surface area contributed by atoms with Gasteiger partial charge < -0.3 is 41.8 Å². The monoisotopic (exact) mass is 992 g/mol. The third-order valence-electron chi connectivity index (χ3n) is 9.86. The van der Waals surface area contributed by atoms with Gasteiger partial charge in [-0.05, 0) is 107 Å². The molecule has 6 aromatic rings. The second kappa shape index (κ2) is 23.5. The molecule has 6 rings (SSSR count). The molecule has 0 aliphatic carbocycles. The van der Waals surface area contributed by atoms with Crippen molar-refractivity contribution in [2.75, 3.05) is 48.6 Å². The largest absolute Gasteiger partial charge is 0.495 e. The van der Waals surface area contributed by atoms with Gasteiger partial charge in [-0.3, -0.25) is 4.79 Å². The normalized spacial score (nSPS) is 11.3. The number of anilines is 8. The van der Waals surface area contributed by atoms with Crippen molar-refractivity contribution in [2.45, 2.75) is 67.8 Å². The number of sulfone groups is 2. The smallest absolute Gasteiger partial charge is 0.229 e. The van der Waals surface area contributed by atoms with Gasteiger partial charge in [0.05, 0.1) is 69.7 Å². The van der Waals surface area contributed by atoms with Crippen molar-refractivity contribution in [2.24, 2.45) is 5.73 Å². The molecule has 4 aromatic carbocycles. The topological polar surface area (TPSA) is 242 Å². The van der Waals surface area contributed by atoms with E-state index in [-0.39, 0.29) is 49.3 Å². The second-order valence-electron chi connectivity index (χ2n) is 15.3. The summed E-state index contributed by atoms with van der Waals surface area (Å²) in [4.78, 5) is 28.8. The van der Waals surface area contributed by atoms with Crippen LogP contribution in [0.3, 0.4) is 0 Å². The van der Waals surface area contributed by atoms with Gasteiger partial charge in [0.2, 0.25) is 17.8 Å². The lowest BCUT2D eigenvalue weighted by molar-refractivity contribution is -0.118. The maximum atomic E-state index is 12.8. The van der Waals surface area contributed by atoms with E-state index in [0.29, 0.717) is 60.2 Å². The SMILES string of the molecule is COc1ccc(CCN)cc1Nc1ncc(Cl)c(Nc2ccccc2S(=O)(=O)C(C)C)n1.COc1ccc(CCNC(C)=O)cc1Nc1ncc(Cl)c(Nc2ccccc2S(=O)(=O)C(C)C)n1. The Morgan fingerprint density at radius 1 is 0.627 bits per heavy atom. The van der Waals surface area contributed by atoms with E-state index in [2.05, 4.69) is 46.5 Å². The molecule has 0 saturated carbocycles. The molecule has 17 nitrogen and oxygen atoms in total. The maximum Gasteiger partial charge on any atom is 0.229 e. The van der Waals surface area contributed by atoms with Gasteiger partial charge in [0, 0.05) is 13.5 Å². The summed E-state index contributed by atoms with van der Waals surface area (Å²) in [5.74, 6) is 2.13. The van der Waals surface area contributed by atoms with Crippen molar-refractivity contribution < 1.29 is 31.1 Å². The number of carbonyl (C=O) groups excluding carboxylic acids is 1. The minimum Gasteiger partial charge on any atom is -0.495 e. The van der Waals surface area contributed by atoms with Crippen molar-refractivity contribution in [3.8, 4) is 11.5 Å². The zero-order valence-corrected chi connectivity index (χ0v) is 41.2. The van der Waals surface area contributed by atoms with Crippen LogP contribution >= 0.6 is 23.2 Å². The molecule has 0 atom stereocenters. The average molecular weight is 994 g/mol. The fourth-order valence-electron chi connectivity index (χ4n) is 6.24. The van der Waals surface area contributed by atoms with Crippen molar-refractivity contribution in [3.63, 3.8) is 0 Å². The maximum absolute atomic E-state index is 12.8. The van der Waals surface area contributed by atoms with Crippen LogP contribution in [0.1, 0.15) is 45.7 Å². The highest BCUT2D eigenvalue weighted by Crippen LogP contribution is 2.34. The Hall–Kier alpha value is -6.25. The second-order valence-corrected chi connectivity index (χ2v) is 21.1. The number of aromatic nitrogens is 4. The number of hydrogen-bond donors (Lipinski definition) is 6. The molecule has 7 N–H and O–H groups in total. The van der Waals surface area contributed by atoms with Crippen LogP contribution in [0.4, 0.5) is 46.3 Å². The number of halogens is 2. The molecular weight excluding hydrogens is 940 g/mol. The predicted octanol–water partition coefficient (Wildman–Crippen LogP) is 8.80. The van der Waals surface area contributed by atoms with Crippen LogP contribution in [-0.4, -0.2) is 80.5 Å². The summed E-state index contributed by atoms with van der Waals surface area (Å²) in [6.07, 6.45) is 4.21. The molecule has 0 unspecified atom stereocenters. The Bertz CT molecular complexity index is 2910. The van der Waals surface area contributed by atoms with E-state index in [9.17, 15) is 21.6 Å². The van der Waals surface area contributed by atoms with E-state index in [1.54, 1.807) is 90.4 Å². The highest BCUT2D eigenvalue weighted by Gasteiger charge is 2.25. The number of nitrogens with one attached hydrogen (secondary N) is 5. The van der Waals surface area contributed by atoms with Crippen molar-refractivity contribution in [1.29, 1.82) is 0 Å². The first-order valence-electron chi connectivity index (χ1n) is 20.9. The van der Waals surface area contributed by atoms with Gasteiger partial charge in [-0.25, -0.2) is 26.8 Å². The number of amides is 1. The number of nitrogens with zero attached hydrogens (tertiary/aromatic N) is 4. The number of nitrogens with two attached hydrogens (primary N) is 1. The molecule has 1 amide bonds. The number of hydrogen-bond acceptors (Lipinski definition) is 16. The fraction of sp³-hybridized carbons (Fsp3) is 0.283. The third kappa shape index (κ3) is 13.7. The summed E-state index contributed by atoms with van der Waals surface area (Å²) >= 11 is 12.6. The summed E-state index contributed by atoms with van der Waals surface area (Å²) in [6, 6.07) is 24.5. The number of para-hydroxylation sites is 2. The summed E-state index contributed by atoms with van der Waals surface area (Å²) in [5, 5.41) is 14.4. The van der Waals surface area contributed by atoms with Crippen LogP contribution in [-0.2, 0) is 37.3 Å². The standard InChI is InChI=1S/C24H28ClN5O4S.C22H26ClN5O3S/c1-15(2)35(32,33)22-8-6-5-7-19(22)28-23-18(25)14-27-24(30-23)29-20-13-17(9-10-21(20)34-4)11-12-26-16(3)31;1-14(2)32(29,30)20-7-5-4-6-17(20)26-21-16(23)13-25-22(28-21)27-18-12-15(10-11-24)8-9-19(18)31-3/h5-10,13-15H,11-12H2,1-4H3,(H,26,31)(H2,27,28,29,30);4-9,12-14H,10-11,24H2,1-3H3,(H2,25,26,27,28). The van der Waals surface area contributed by atoms with E-state index in [1.807, 2.05) is 36.4 Å². The van der Waals surface area contributed by atoms with E-state index in [0.717, 1.165) is 11.1 Å². The van der Waals surface area contributed by atoms with Gasteiger partial charge in [-0.2, -0.15) is 9.97 Å². The molecule has 0 aliphatic rings. The van der Waals surface area contributed by atoms with Gasteiger partial charge in [-0.1, -0.05) is 59.6 Å². The minimum absolute atomic E-state index is 0.0887. The fourth-order valence-corrected chi connectivity index (χ4v) is 8.92. The molecule has 0 fully saturated rings. The van der Waals surface area contributed by atoms with Crippen LogP contribution in [0, 0.1) is 0 Å². The third-order valence-corrected chi connectivity index (χ3v) is 14.8. The molecule has 0 spiro atoms. The van der Waals surface area contributed by atoms with Gasteiger partial charge in [0.25, 0.3) is 0 Å². The quantitative estimate of drug-likeness (QED) is 0.0444. The Balaban J connectivity index is 0.000000252. The van der Waals surface area contributed by atoms with Crippen LogP contribution in [0.15, 0.2) is 107 Å². The van der Waals surface area contributed by atoms with Crippen LogP contribution in [0.5, 0.6) is 11.5 Å². The molecule has 0 aliphatic heterocycles. The zero-order chi connectivity index (χ0) is 48.9. The van der Waals surface area contributed by atoms with Gasteiger partial charge in [0.15, 0.2) is 31.3 Å². The Kier molecular flexibility index (Phi) is 18.1. The predicted molar refractivity (Wildman–Crippen MR) is 266 cm³/mol. The summed E-state index contributed by atoms with van der Waals surface area (Å²) in [5.41, 5.74) is 9.73. The lowest BCUT2D eigenvalue weighted by atomic mass is 10.1. The van der Waals surface area contributed by atoms with Crippen LogP contribution in [0.25, 0.3) is 0 Å². The number of ether oxygens (including phenoxy) is 2. The highest BCUT2D eigenvalue weighted by atomic mass is 35.5. The summed E-state index contributed by atoms with van der Waals surface area (Å²) < 4.78 is 62.0. The van der Waals surface area contributed by atoms with Crippen molar-refractivity contribution in [3.05, 3.63) is 118 Å². The molecule has 21 heteroatoms. The molecule has 0 saturated heterocycles. The molecular formula is C46H54Cl2N10O7S2. The van der Waals surface area contributed by atoms with Gasteiger partial charge in [0.1, 0.15) is 21.5 Å². The van der Waals surface area contributed by atoms with Crippen LogP contribution in [0.2, 0.25) is 10.0 Å².